The van der Waals surface area contributed by atoms with Gasteiger partial charge in [0.25, 0.3) is 5.91 Å². The second kappa shape index (κ2) is 7.83. The van der Waals surface area contributed by atoms with Crippen LogP contribution in [-0.4, -0.2) is 31.8 Å². The first-order valence-electron chi connectivity index (χ1n) is 10.7. The number of hydrogen-bond donors (Lipinski definition) is 1. The Morgan fingerprint density at radius 3 is 2.26 bits per heavy atom. The number of unbranched alkanes of at least 4 members (excludes halogenated alkanes) is 1. The van der Waals surface area contributed by atoms with E-state index in [0.717, 1.165) is 37.0 Å². The Morgan fingerprint density at radius 1 is 1.07 bits per heavy atom. The fourth-order valence-electron chi connectivity index (χ4n) is 6.03. The van der Waals surface area contributed by atoms with Gasteiger partial charge in [0.15, 0.2) is 0 Å². The van der Waals surface area contributed by atoms with Gasteiger partial charge in [-0.1, -0.05) is 13.3 Å². The SMILES string of the molecule is CCCCOc1ccc(C(=O)NCC2(OC)C3CC4CC(C3)CC2C4)cc1. The van der Waals surface area contributed by atoms with E-state index in [1.807, 2.05) is 31.4 Å². The third kappa shape index (κ3) is 3.61. The Bertz CT molecular complexity index is 626. The molecule has 4 heteroatoms. The number of carbonyl (C=O) groups is 1. The van der Waals surface area contributed by atoms with Crippen molar-refractivity contribution < 1.29 is 14.3 Å². The van der Waals surface area contributed by atoms with E-state index in [1.165, 1.54) is 32.1 Å². The van der Waals surface area contributed by atoms with E-state index in [4.69, 9.17) is 9.47 Å². The summed E-state index contributed by atoms with van der Waals surface area (Å²) < 4.78 is 11.8. The van der Waals surface area contributed by atoms with Crippen LogP contribution in [0, 0.1) is 23.7 Å². The van der Waals surface area contributed by atoms with Crippen LogP contribution in [0.1, 0.15) is 62.2 Å². The van der Waals surface area contributed by atoms with Crippen molar-refractivity contribution in [3.05, 3.63) is 29.8 Å². The van der Waals surface area contributed by atoms with Crippen LogP contribution in [0.3, 0.4) is 0 Å². The van der Waals surface area contributed by atoms with Gasteiger partial charge in [-0.25, -0.2) is 0 Å². The van der Waals surface area contributed by atoms with Gasteiger partial charge < -0.3 is 14.8 Å². The molecule has 27 heavy (non-hydrogen) atoms. The molecule has 0 unspecified atom stereocenters. The fraction of sp³-hybridized carbons (Fsp3) is 0.696. The van der Waals surface area contributed by atoms with Crippen LogP contribution in [0.5, 0.6) is 5.75 Å². The van der Waals surface area contributed by atoms with E-state index in [1.54, 1.807) is 0 Å². The molecule has 5 rings (SSSR count). The van der Waals surface area contributed by atoms with Crippen LogP contribution >= 0.6 is 0 Å². The van der Waals surface area contributed by atoms with E-state index >= 15 is 0 Å². The number of amides is 1. The average Bonchev–Trinajstić information content (AvgIpc) is 2.68. The third-order valence-corrected chi connectivity index (χ3v) is 7.31. The van der Waals surface area contributed by atoms with Crippen molar-refractivity contribution in [3.8, 4) is 5.75 Å². The summed E-state index contributed by atoms with van der Waals surface area (Å²) in [5, 5.41) is 3.19. The first-order chi connectivity index (χ1) is 13.1. The number of methoxy groups -OCH3 is 1. The molecule has 4 aliphatic rings. The van der Waals surface area contributed by atoms with E-state index in [9.17, 15) is 4.79 Å². The van der Waals surface area contributed by atoms with Crippen molar-refractivity contribution in [2.24, 2.45) is 23.7 Å². The monoisotopic (exact) mass is 371 g/mol. The molecular weight excluding hydrogens is 338 g/mol. The van der Waals surface area contributed by atoms with Crippen LogP contribution < -0.4 is 10.1 Å². The topological polar surface area (TPSA) is 47.6 Å². The van der Waals surface area contributed by atoms with Crippen LogP contribution in [0.2, 0.25) is 0 Å². The molecule has 0 aliphatic heterocycles. The lowest BCUT2D eigenvalue weighted by molar-refractivity contribution is -0.186. The van der Waals surface area contributed by atoms with Crippen molar-refractivity contribution in [3.63, 3.8) is 0 Å². The maximum absolute atomic E-state index is 12.7. The van der Waals surface area contributed by atoms with Crippen molar-refractivity contribution in [2.45, 2.75) is 57.5 Å². The van der Waals surface area contributed by atoms with Gasteiger partial charge >= 0.3 is 0 Å². The summed E-state index contributed by atoms with van der Waals surface area (Å²) in [4.78, 5) is 12.7. The smallest absolute Gasteiger partial charge is 0.251 e. The summed E-state index contributed by atoms with van der Waals surface area (Å²) >= 11 is 0. The molecule has 4 saturated carbocycles. The average molecular weight is 372 g/mol. The molecule has 1 N–H and O–H groups in total. The highest BCUT2D eigenvalue weighted by Crippen LogP contribution is 2.59. The van der Waals surface area contributed by atoms with Crippen molar-refractivity contribution >= 4 is 5.91 Å². The minimum Gasteiger partial charge on any atom is -0.494 e. The minimum absolute atomic E-state index is 0.0136. The molecule has 0 heterocycles. The highest BCUT2D eigenvalue weighted by Gasteiger charge is 2.57. The molecule has 4 nitrogen and oxygen atoms in total. The predicted octanol–water partition coefficient (Wildman–Crippen LogP) is 4.44. The summed E-state index contributed by atoms with van der Waals surface area (Å²) in [7, 11) is 1.84. The van der Waals surface area contributed by atoms with Crippen LogP contribution in [0.4, 0.5) is 0 Å². The summed E-state index contributed by atoms with van der Waals surface area (Å²) in [6.07, 6.45) is 8.70. The van der Waals surface area contributed by atoms with Crippen molar-refractivity contribution in [1.82, 2.24) is 5.32 Å². The second-order valence-electron chi connectivity index (χ2n) is 8.87. The number of hydrogen-bond acceptors (Lipinski definition) is 3. The molecule has 4 aliphatic carbocycles. The van der Waals surface area contributed by atoms with E-state index in [2.05, 4.69) is 12.2 Å². The molecule has 4 bridgehead atoms. The van der Waals surface area contributed by atoms with Gasteiger partial charge in [-0.05, 0) is 86.5 Å². The molecule has 0 aromatic heterocycles. The maximum Gasteiger partial charge on any atom is 0.251 e. The van der Waals surface area contributed by atoms with Gasteiger partial charge in [0.2, 0.25) is 0 Å². The first-order valence-corrected chi connectivity index (χ1v) is 10.7. The van der Waals surface area contributed by atoms with E-state index in [-0.39, 0.29) is 11.5 Å². The van der Waals surface area contributed by atoms with Crippen LogP contribution in [0.25, 0.3) is 0 Å². The minimum atomic E-state index is -0.160. The lowest BCUT2D eigenvalue weighted by atomic mass is 9.49. The van der Waals surface area contributed by atoms with Crippen molar-refractivity contribution in [2.75, 3.05) is 20.3 Å². The van der Waals surface area contributed by atoms with Gasteiger partial charge in [-0.3, -0.25) is 4.79 Å². The highest BCUT2D eigenvalue weighted by molar-refractivity contribution is 5.94. The number of rotatable bonds is 8. The summed E-state index contributed by atoms with van der Waals surface area (Å²) in [5.74, 6) is 3.81. The third-order valence-electron chi connectivity index (χ3n) is 7.31. The Kier molecular flexibility index (Phi) is 5.45. The maximum atomic E-state index is 12.7. The molecule has 0 spiro atoms. The zero-order valence-electron chi connectivity index (χ0n) is 16.7. The van der Waals surface area contributed by atoms with Crippen LogP contribution in [-0.2, 0) is 4.74 Å². The number of carbonyl (C=O) groups excluding carboxylic acids is 1. The second-order valence-corrected chi connectivity index (χ2v) is 8.87. The van der Waals surface area contributed by atoms with Crippen molar-refractivity contribution in [1.29, 1.82) is 0 Å². The van der Waals surface area contributed by atoms with Gasteiger partial charge in [-0.2, -0.15) is 0 Å². The van der Waals surface area contributed by atoms with Gasteiger partial charge in [0, 0.05) is 19.2 Å². The summed E-state index contributed by atoms with van der Waals surface area (Å²) in [6.45, 7) is 3.50. The van der Waals surface area contributed by atoms with E-state index in [0.29, 0.717) is 23.9 Å². The first kappa shape index (κ1) is 18.8. The quantitative estimate of drug-likeness (QED) is 0.688. The van der Waals surface area contributed by atoms with Gasteiger partial charge in [0.1, 0.15) is 5.75 Å². The lowest BCUT2D eigenvalue weighted by Gasteiger charge is -2.60. The Labute approximate surface area is 163 Å². The Balaban J connectivity index is 1.37. The molecule has 0 saturated heterocycles. The molecular formula is C23H33NO3. The molecule has 1 aromatic rings. The Morgan fingerprint density at radius 2 is 1.70 bits per heavy atom. The van der Waals surface area contributed by atoms with E-state index < -0.39 is 0 Å². The summed E-state index contributed by atoms with van der Waals surface area (Å²) in [6, 6.07) is 7.49. The standard InChI is InChI=1S/C23H33NO3/c1-3-4-9-27-21-7-5-18(6-8-21)22(25)24-15-23(26-2)19-11-16-10-17(13-19)14-20(23)12-16/h5-8,16-17,19-20H,3-4,9-15H2,1-2H3,(H,24,25). The molecule has 0 radical (unpaired) electrons. The molecule has 1 amide bonds. The zero-order valence-corrected chi connectivity index (χ0v) is 16.7. The molecule has 1 aromatic carbocycles. The number of benzene rings is 1. The Hall–Kier alpha value is -1.55. The number of nitrogens with one attached hydrogen (secondary N) is 1. The highest BCUT2D eigenvalue weighted by atomic mass is 16.5. The zero-order chi connectivity index (χ0) is 18.9. The molecule has 4 fully saturated rings. The lowest BCUT2D eigenvalue weighted by Crippen LogP contribution is -2.63. The van der Waals surface area contributed by atoms with Gasteiger partial charge in [-0.15, -0.1) is 0 Å². The van der Waals surface area contributed by atoms with Gasteiger partial charge in [0.05, 0.1) is 12.2 Å². The fourth-order valence-corrected chi connectivity index (χ4v) is 6.03. The summed E-state index contributed by atoms with van der Waals surface area (Å²) in [5.41, 5.74) is 0.527. The largest absolute Gasteiger partial charge is 0.494 e. The normalized spacial score (nSPS) is 33.9. The van der Waals surface area contributed by atoms with Crippen LogP contribution in [0.15, 0.2) is 24.3 Å². The molecule has 0 atom stereocenters. The predicted molar refractivity (Wildman–Crippen MR) is 106 cm³/mol. The molecule has 148 valence electrons. The number of ether oxygens (including phenoxy) is 2.